The molecule has 0 aromatic heterocycles. The van der Waals surface area contributed by atoms with Gasteiger partial charge < -0.3 is 10.2 Å². The van der Waals surface area contributed by atoms with Crippen molar-refractivity contribution >= 4 is 46.6 Å². The van der Waals surface area contributed by atoms with Gasteiger partial charge in [-0.1, -0.05) is 53.0 Å². The second-order valence-corrected chi connectivity index (χ2v) is 7.40. The zero-order valence-corrected chi connectivity index (χ0v) is 17.4. The first-order chi connectivity index (χ1) is 12.8. The minimum atomic E-state index is -0.633. The Labute approximate surface area is 174 Å². The number of halogens is 3. The largest absolute Gasteiger partial charge is 0.355 e. The highest BCUT2D eigenvalue weighted by Crippen LogP contribution is 2.24. The molecule has 2 aromatic rings. The van der Waals surface area contributed by atoms with Crippen molar-refractivity contribution in [2.75, 3.05) is 6.54 Å². The molecule has 2 rings (SSSR count). The van der Waals surface area contributed by atoms with Crippen molar-refractivity contribution in [1.29, 1.82) is 0 Å². The molecule has 0 fully saturated rings. The molecule has 7 heteroatoms. The maximum absolute atomic E-state index is 13.0. The van der Waals surface area contributed by atoms with Gasteiger partial charge in [0.2, 0.25) is 11.8 Å². The number of nitrogens with one attached hydrogen (secondary N) is 1. The van der Waals surface area contributed by atoms with Crippen LogP contribution in [0.2, 0.25) is 15.1 Å². The van der Waals surface area contributed by atoms with Crippen molar-refractivity contribution in [1.82, 2.24) is 10.2 Å². The van der Waals surface area contributed by atoms with Crippen LogP contribution in [0.5, 0.6) is 0 Å². The molecular weight excluding hydrogens is 407 g/mol. The predicted molar refractivity (Wildman–Crippen MR) is 110 cm³/mol. The van der Waals surface area contributed by atoms with E-state index in [2.05, 4.69) is 5.32 Å². The van der Waals surface area contributed by atoms with Crippen LogP contribution in [0.1, 0.15) is 25.0 Å². The Bertz CT molecular complexity index is 827. The number of carbonyl (C=O) groups excluding carboxylic acids is 2. The van der Waals surface area contributed by atoms with Crippen LogP contribution in [0.15, 0.2) is 42.5 Å². The summed E-state index contributed by atoms with van der Waals surface area (Å²) < 4.78 is 0. The topological polar surface area (TPSA) is 49.4 Å². The predicted octanol–water partition coefficient (Wildman–Crippen LogP) is 4.74. The molecule has 0 saturated carbocycles. The van der Waals surface area contributed by atoms with E-state index in [1.54, 1.807) is 43.3 Å². The van der Waals surface area contributed by atoms with Crippen LogP contribution in [0.3, 0.4) is 0 Å². The molecule has 4 nitrogen and oxygen atoms in total. The number of carbonyl (C=O) groups is 2. The molecule has 0 heterocycles. The lowest BCUT2D eigenvalue weighted by Crippen LogP contribution is -2.48. The monoisotopic (exact) mass is 426 g/mol. The molecule has 27 heavy (non-hydrogen) atoms. The van der Waals surface area contributed by atoms with Gasteiger partial charge in [-0.05, 0) is 49.2 Å². The Morgan fingerprint density at radius 3 is 2.41 bits per heavy atom. The van der Waals surface area contributed by atoms with Crippen LogP contribution in [0, 0.1) is 0 Å². The van der Waals surface area contributed by atoms with Crippen LogP contribution in [-0.4, -0.2) is 29.3 Å². The van der Waals surface area contributed by atoms with Gasteiger partial charge in [-0.3, -0.25) is 9.59 Å². The number of rotatable bonds is 7. The number of benzene rings is 2. The fourth-order valence-corrected chi connectivity index (χ4v) is 3.20. The van der Waals surface area contributed by atoms with Crippen molar-refractivity contribution in [3.8, 4) is 0 Å². The molecule has 0 radical (unpaired) electrons. The Hall–Kier alpha value is -1.75. The Morgan fingerprint density at radius 2 is 1.78 bits per heavy atom. The van der Waals surface area contributed by atoms with E-state index in [4.69, 9.17) is 34.8 Å². The fraction of sp³-hybridized carbons (Fsp3) is 0.300. The van der Waals surface area contributed by atoms with Gasteiger partial charge in [0.25, 0.3) is 0 Å². The van der Waals surface area contributed by atoms with Gasteiger partial charge in [-0.2, -0.15) is 0 Å². The SMILES string of the molecule is CCNC(=O)[C@@H](C)N(Cc1ccc(Cl)c(Cl)c1)C(=O)Cc1cccc(Cl)c1. The molecule has 1 atom stereocenters. The van der Waals surface area contributed by atoms with Gasteiger partial charge in [0.05, 0.1) is 16.5 Å². The summed E-state index contributed by atoms with van der Waals surface area (Å²) in [5, 5.41) is 4.17. The van der Waals surface area contributed by atoms with E-state index >= 15 is 0 Å². The first-order valence-electron chi connectivity index (χ1n) is 8.57. The van der Waals surface area contributed by atoms with E-state index in [1.165, 1.54) is 4.90 Å². The van der Waals surface area contributed by atoms with E-state index in [-0.39, 0.29) is 24.8 Å². The lowest BCUT2D eigenvalue weighted by atomic mass is 10.1. The van der Waals surface area contributed by atoms with Crippen LogP contribution in [-0.2, 0) is 22.6 Å². The summed E-state index contributed by atoms with van der Waals surface area (Å²) in [6, 6.07) is 11.7. The molecule has 0 unspecified atom stereocenters. The first kappa shape index (κ1) is 21.5. The number of amides is 2. The second-order valence-electron chi connectivity index (χ2n) is 6.15. The lowest BCUT2D eigenvalue weighted by molar-refractivity contribution is -0.140. The standard InChI is InChI=1S/C20H21Cl3N2O2/c1-3-24-20(27)13(2)25(12-15-7-8-17(22)18(23)10-15)19(26)11-14-5-4-6-16(21)9-14/h4-10,13H,3,11-12H2,1-2H3,(H,24,27)/t13-/m1/s1. The van der Waals surface area contributed by atoms with Crippen molar-refractivity contribution in [3.05, 3.63) is 68.7 Å². The van der Waals surface area contributed by atoms with Gasteiger partial charge in [0.1, 0.15) is 6.04 Å². The zero-order valence-electron chi connectivity index (χ0n) is 15.1. The molecule has 0 bridgehead atoms. The summed E-state index contributed by atoms with van der Waals surface area (Å²) in [5.41, 5.74) is 1.58. The first-order valence-corrected chi connectivity index (χ1v) is 9.70. The molecule has 0 aliphatic carbocycles. The molecule has 2 amide bonds. The van der Waals surface area contributed by atoms with Crippen LogP contribution >= 0.6 is 34.8 Å². The molecule has 0 aliphatic rings. The molecule has 0 aliphatic heterocycles. The number of hydrogen-bond acceptors (Lipinski definition) is 2. The van der Waals surface area contributed by atoms with Gasteiger partial charge in [-0.15, -0.1) is 0 Å². The average Bonchev–Trinajstić information content (AvgIpc) is 2.62. The number of nitrogens with zero attached hydrogens (tertiary/aromatic N) is 1. The third-order valence-electron chi connectivity index (χ3n) is 4.10. The van der Waals surface area contributed by atoms with Gasteiger partial charge in [-0.25, -0.2) is 0 Å². The Balaban J connectivity index is 2.26. The van der Waals surface area contributed by atoms with E-state index in [9.17, 15) is 9.59 Å². The highest BCUT2D eigenvalue weighted by Gasteiger charge is 2.26. The Kier molecular flexibility index (Phi) is 7.96. The zero-order chi connectivity index (χ0) is 20.0. The highest BCUT2D eigenvalue weighted by molar-refractivity contribution is 6.42. The van der Waals surface area contributed by atoms with Gasteiger partial charge >= 0.3 is 0 Å². The normalized spacial score (nSPS) is 11.7. The summed E-state index contributed by atoms with van der Waals surface area (Å²) in [5.74, 6) is -0.390. The second kappa shape index (κ2) is 9.98. The molecule has 1 N–H and O–H groups in total. The molecule has 0 spiro atoms. The number of hydrogen-bond donors (Lipinski definition) is 1. The molecular formula is C20H21Cl3N2O2. The molecule has 144 valence electrons. The van der Waals surface area contributed by atoms with Crippen LogP contribution in [0.25, 0.3) is 0 Å². The maximum Gasteiger partial charge on any atom is 0.242 e. The molecule has 2 aromatic carbocycles. The van der Waals surface area contributed by atoms with E-state index in [1.807, 2.05) is 13.0 Å². The van der Waals surface area contributed by atoms with Crippen LogP contribution < -0.4 is 5.32 Å². The third kappa shape index (κ3) is 6.13. The maximum atomic E-state index is 13.0. The summed E-state index contributed by atoms with van der Waals surface area (Å²) in [7, 11) is 0. The van der Waals surface area contributed by atoms with Gasteiger partial charge in [0.15, 0.2) is 0 Å². The van der Waals surface area contributed by atoms with E-state index in [0.717, 1.165) is 11.1 Å². The summed E-state index contributed by atoms with van der Waals surface area (Å²) >= 11 is 18.1. The highest BCUT2D eigenvalue weighted by atomic mass is 35.5. The van der Waals surface area contributed by atoms with Crippen LogP contribution in [0.4, 0.5) is 0 Å². The minimum Gasteiger partial charge on any atom is -0.355 e. The smallest absolute Gasteiger partial charge is 0.242 e. The van der Waals surface area contributed by atoms with Crippen molar-refractivity contribution in [2.24, 2.45) is 0 Å². The average molecular weight is 428 g/mol. The fourth-order valence-electron chi connectivity index (χ4n) is 2.66. The third-order valence-corrected chi connectivity index (χ3v) is 5.07. The lowest BCUT2D eigenvalue weighted by Gasteiger charge is -2.29. The van der Waals surface area contributed by atoms with E-state index in [0.29, 0.717) is 21.6 Å². The molecule has 0 saturated heterocycles. The minimum absolute atomic E-state index is 0.144. The van der Waals surface area contributed by atoms with Gasteiger partial charge in [0, 0.05) is 18.1 Å². The summed E-state index contributed by atoms with van der Waals surface area (Å²) in [4.78, 5) is 26.8. The van der Waals surface area contributed by atoms with E-state index < -0.39 is 6.04 Å². The van der Waals surface area contributed by atoms with Crippen molar-refractivity contribution in [3.63, 3.8) is 0 Å². The summed E-state index contributed by atoms with van der Waals surface area (Å²) in [6.45, 7) is 4.28. The quantitative estimate of drug-likeness (QED) is 0.693. The Morgan fingerprint density at radius 1 is 1.04 bits per heavy atom. The van der Waals surface area contributed by atoms with Crippen molar-refractivity contribution < 1.29 is 9.59 Å². The summed E-state index contributed by atoms with van der Waals surface area (Å²) in [6.07, 6.45) is 0.144. The number of likely N-dealkylation sites (N-methyl/N-ethyl adjacent to an activating group) is 1. The van der Waals surface area contributed by atoms with Crippen molar-refractivity contribution in [2.45, 2.75) is 32.9 Å².